The van der Waals surface area contributed by atoms with E-state index in [1.165, 1.54) is 0 Å². The second-order valence-electron chi connectivity index (χ2n) is 4.09. The third-order valence-electron chi connectivity index (χ3n) is 2.59. The highest BCUT2D eigenvalue weighted by molar-refractivity contribution is 5.90. The first kappa shape index (κ1) is 14.4. The van der Waals surface area contributed by atoms with Gasteiger partial charge >= 0.3 is 0 Å². The van der Waals surface area contributed by atoms with Gasteiger partial charge in [-0.05, 0) is 25.5 Å². The number of hydrogen-bond donors (Lipinski definition) is 2. The summed E-state index contributed by atoms with van der Waals surface area (Å²) in [6.45, 7) is 0.726. The molecule has 0 saturated carbocycles. The van der Waals surface area contributed by atoms with Crippen LogP contribution in [0.3, 0.4) is 0 Å². The number of amides is 1. The zero-order valence-electron chi connectivity index (χ0n) is 10.8. The van der Waals surface area contributed by atoms with E-state index in [0.717, 1.165) is 32.2 Å². The minimum atomic E-state index is 0.0229. The summed E-state index contributed by atoms with van der Waals surface area (Å²) in [7, 11) is 1.56. The van der Waals surface area contributed by atoms with Gasteiger partial charge in [-0.15, -0.1) is 0 Å². The van der Waals surface area contributed by atoms with E-state index >= 15 is 0 Å². The Bertz CT molecular complexity index is 352. The minimum Gasteiger partial charge on any atom is -0.481 e. The second kappa shape index (κ2) is 8.47. The highest BCUT2D eigenvalue weighted by Crippen LogP contribution is 2.11. The van der Waals surface area contributed by atoms with E-state index in [2.05, 4.69) is 10.3 Å². The van der Waals surface area contributed by atoms with Gasteiger partial charge in [0.25, 0.3) is 0 Å². The summed E-state index contributed by atoms with van der Waals surface area (Å²) in [5, 5.41) is 2.80. The molecule has 0 unspecified atom stereocenters. The number of unbranched alkanes of at least 4 members (excludes halogenated alkanes) is 3. The molecule has 5 nitrogen and oxygen atoms in total. The van der Waals surface area contributed by atoms with Crippen LogP contribution in [0.1, 0.15) is 32.1 Å². The fraction of sp³-hybridized carbons (Fsp3) is 0.538. The van der Waals surface area contributed by atoms with Crippen molar-refractivity contribution in [1.82, 2.24) is 4.98 Å². The molecule has 0 fully saturated rings. The second-order valence-corrected chi connectivity index (χ2v) is 4.09. The van der Waals surface area contributed by atoms with Crippen molar-refractivity contribution < 1.29 is 9.53 Å². The molecule has 18 heavy (non-hydrogen) atoms. The topological polar surface area (TPSA) is 77.2 Å². The number of pyridine rings is 1. The van der Waals surface area contributed by atoms with Gasteiger partial charge in [-0.25, -0.2) is 4.98 Å². The van der Waals surface area contributed by atoms with Crippen molar-refractivity contribution in [2.45, 2.75) is 32.1 Å². The molecule has 0 saturated heterocycles. The van der Waals surface area contributed by atoms with Gasteiger partial charge < -0.3 is 15.8 Å². The predicted molar refractivity (Wildman–Crippen MR) is 71.6 cm³/mol. The predicted octanol–water partition coefficient (Wildman–Crippen LogP) is 1.94. The number of anilines is 1. The molecule has 1 aromatic rings. The Kier molecular flexibility index (Phi) is 6.79. The first-order valence-electron chi connectivity index (χ1n) is 6.26. The molecule has 1 amide bonds. The summed E-state index contributed by atoms with van der Waals surface area (Å²) in [5.41, 5.74) is 6.10. The maximum absolute atomic E-state index is 11.6. The normalized spacial score (nSPS) is 10.1. The Morgan fingerprint density at radius 3 is 2.72 bits per heavy atom. The molecule has 5 heteroatoms. The Labute approximate surface area is 108 Å². The van der Waals surface area contributed by atoms with Crippen molar-refractivity contribution in [3.05, 3.63) is 18.3 Å². The van der Waals surface area contributed by atoms with E-state index in [4.69, 9.17) is 10.5 Å². The lowest BCUT2D eigenvalue weighted by atomic mass is 10.1. The summed E-state index contributed by atoms with van der Waals surface area (Å²) in [6.07, 6.45) is 6.19. The summed E-state index contributed by atoms with van der Waals surface area (Å²) in [5.74, 6) is 0.560. The van der Waals surface area contributed by atoms with E-state index in [1.54, 1.807) is 25.4 Å². The number of nitrogens with one attached hydrogen (secondary N) is 1. The van der Waals surface area contributed by atoms with Crippen LogP contribution in [0.2, 0.25) is 0 Å². The fourth-order valence-electron chi connectivity index (χ4n) is 1.58. The van der Waals surface area contributed by atoms with Crippen molar-refractivity contribution in [2.75, 3.05) is 19.0 Å². The number of ether oxygens (including phenoxy) is 1. The Morgan fingerprint density at radius 2 is 2.11 bits per heavy atom. The molecule has 0 aromatic carbocycles. The molecule has 0 bridgehead atoms. The van der Waals surface area contributed by atoms with Gasteiger partial charge in [-0.2, -0.15) is 0 Å². The van der Waals surface area contributed by atoms with Crippen LogP contribution in [0.5, 0.6) is 5.88 Å². The molecule has 1 aromatic heterocycles. The lowest BCUT2D eigenvalue weighted by Gasteiger charge is -2.05. The number of carbonyl (C=O) groups excluding carboxylic acids is 1. The number of rotatable bonds is 8. The molecule has 0 aliphatic rings. The Balaban J connectivity index is 2.22. The van der Waals surface area contributed by atoms with Crippen LogP contribution in [0.25, 0.3) is 0 Å². The van der Waals surface area contributed by atoms with Crippen LogP contribution >= 0.6 is 0 Å². The monoisotopic (exact) mass is 251 g/mol. The highest BCUT2D eigenvalue weighted by Gasteiger charge is 2.02. The SMILES string of the molecule is COc1ccc(NC(=O)CCCCCCN)cn1. The van der Waals surface area contributed by atoms with Gasteiger partial charge in [-0.1, -0.05) is 12.8 Å². The van der Waals surface area contributed by atoms with Crippen LogP contribution in [0.15, 0.2) is 18.3 Å². The summed E-state index contributed by atoms with van der Waals surface area (Å²) in [6, 6.07) is 3.50. The first-order chi connectivity index (χ1) is 8.76. The fourth-order valence-corrected chi connectivity index (χ4v) is 1.58. The molecule has 0 aliphatic carbocycles. The van der Waals surface area contributed by atoms with E-state index in [1.807, 2.05) is 0 Å². The number of hydrogen-bond acceptors (Lipinski definition) is 4. The molecular weight excluding hydrogens is 230 g/mol. The molecule has 0 spiro atoms. The van der Waals surface area contributed by atoms with E-state index in [0.29, 0.717) is 18.0 Å². The van der Waals surface area contributed by atoms with E-state index in [-0.39, 0.29) is 5.91 Å². The van der Waals surface area contributed by atoms with Gasteiger partial charge in [0.15, 0.2) is 0 Å². The van der Waals surface area contributed by atoms with Crippen molar-refractivity contribution >= 4 is 11.6 Å². The van der Waals surface area contributed by atoms with Crippen LogP contribution in [-0.4, -0.2) is 24.5 Å². The highest BCUT2D eigenvalue weighted by atomic mass is 16.5. The van der Waals surface area contributed by atoms with Crippen LogP contribution in [0, 0.1) is 0 Å². The number of carbonyl (C=O) groups is 1. The van der Waals surface area contributed by atoms with E-state index < -0.39 is 0 Å². The van der Waals surface area contributed by atoms with Crippen molar-refractivity contribution in [3.8, 4) is 5.88 Å². The van der Waals surface area contributed by atoms with Gasteiger partial charge in [0.1, 0.15) is 0 Å². The average molecular weight is 251 g/mol. The molecule has 0 atom stereocenters. The summed E-state index contributed by atoms with van der Waals surface area (Å²) >= 11 is 0. The standard InChI is InChI=1S/C13H21N3O2/c1-18-13-8-7-11(10-15-13)16-12(17)6-4-2-3-5-9-14/h7-8,10H,2-6,9,14H2,1H3,(H,16,17). The zero-order valence-corrected chi connectivity index (χ0v) is 10.8. The summed E-state index contributed by atoms with van der Waals surface area (Å²) in [4.78, 5) is 15.6. The quantitative estimate of drug-likeness (QED) is 0.692. The van der Waals surface area contributed by atoms with Gasteiger partial charge in [0.05, 0.1) is 19.0 Å². The zero-order chi connectivity index (χ0) is 13.2. The summed E-state index contributed by atoms with van der Waals surface area (Å²) < 4.78 is 4.94. The number of methoxy groups -OCH3 is 1. The molecule has 1 rings (SSSR count). The van der Waals surface area contributed by atoms with Crippen LogP contribution in [0.4, 0.5) is 5.69 Å². The van der Waals surface area contributed by atoms with Crippen LogP contribution < -0.4 is 15.8 Å². The maximum atomic E-state index is 11.6. The third kappa shape index (κ3) is 5.63. The minimum absolute atomic E-state index is 0.0229. The number of nitrogens with two attached hydrogens (primary N) is 1. The van der Waals surface area contributed by atoms with Gasteiger partial charge in [-0.3, -0.25) is 4.79 Å². The van der Waals surface area contributed by atoms with Gasteiger partial charge in [0, 0.05) is 12.5 Å². The van der Waals surface area contributed by atoms with Crippen molar-refractivity contribution in [2.24, 2.45) is 5.73 Å². The molecule has 3 N–H and O–H groups in total. The smallest absolute Gasteiger partial charge is 0.224 e. The first-order valence-corrected chi connectivity index (χ1v) is 6.26. The average Bonchev–Trinajstić information content (AvgIpc) is 2.39. The lowest BCUT2D eigenvalue weighted by Crippen LogP contribution is -2.11. The third-order valence-corrected chi connectivity index (χ3v) is 2.59. The van der Waals surface area contributed by atoms with E-state index in [9.17, 15) is 4.79 Å². The lowest BCUT2D eigenvalue weighted by molar-refractivity contribution is -0.116. The molecule has 100 valence electrons. The largest absolute Gasteiger partial charge is 0.481 e. The van der Waals surface area contributed by atoms with Crippen molar-refractivity contribution in [1.29, 1.82) is 0 Å². The maximum Gasteiger partial charge on any atom is 0.224 e. The van der Waals surface area contributed by atoms with Crippen molar-refractivity contribution in [3.63, 3.8) is 0 Å². The number of aromatic nitrogens is 1. The van der Waals surface area contributed by atoms with Crippen LogP contribution in [-0.2, 0) is 4.79 Å². The Morgan fingerprint density at radius 1 is 1.33 bits per heavy atom. The number of nitrogens with zero attached hydrogens (tertiary/aromatic N) is 1. The molecule has 1 heterocycles. The molecular formula is C13H21N3O2. The molecule has 0 aliphatic heterocycles. The molecule has 0 radical (unpaired) electrons. The Hall–Kier alpha value is -1.62. The van der Waals surface area contributed by atoms with Gasteiger partial charge in [0.2, 0.25) is 11.8 Å².